The van der Waals surface area contributed by atoms with E-state index < -0.39 is 23.5 Å². The Morgan fingerprint density at radius 2 is 2.14 bits per heavy atom. The van der Waals surface area contributed by atoms with Crippen molar-refractivity contribution < 1.29 is 19.1 Å². The second-order valence-corrected chi connectivity index (χ2v) is 4.04. The second kappa shape index (κ2) is 3.59. The van der Waals surface area contributed by atoms with E-state index in [-0.39, 0.29) is 12.5 Å². The van der Waals surface area contributed by atoms with Crippen LogP contribution in [0.15, 0.2) is 0 Å². The van der Waals surface area contributed by atoms with Gasteiger partial charge in [0.05, 0.1) is 6.61 Å². The van der Waals surface area contributed by atoms with Crippen molar-refractivity contribution in [2.24, 2.45) is 11.8 Å². The smallest absolute Gasteiger partial charge is 0.321 e. The Kier molecular flexibility index (Phi) is 2.83. The molecule has 0 aromatic carbocycles. The molecule has 2 atom stereocenters. The molecule has 4 heteroatoms. The largest absolute Gasteiger partial charge is 0.465 e. The quantitative estimate of drug-likeness (QED) is 0.495. The molecule has 0 saturated carbocycles. The van der Waals surface area contributed by atoms with E-state index in [0.29, 0.717) is 0 Å². The predicted octanol–water partition coefficient (Wildman–Crippen LogP) is 1.14. The maximum absolute atomic E-state index is 11.4. The Bertz CT molecular complexity index is 257. The second-order valence-electron chi connectivity index (χ2n) is 4.04. The zero-order valence-corrected chi connectivity index (χ0v) is 8.99. The standard InChI is InChI=1S/C10H16O4/c1-5-13-8(11)7-6(2)10(3,4)14-9(7)12/h6-7H,5H2,1-4H3/t6-,7-/m0/s1. The Morgan fingerprint density at radius 3 is 2.50 bits per heavy atom. The first-order valence-corrected chi connectivity index (χ1v) is 4.79. The molecule has 0 N–H and O–H groups in total. The number of ether oxygens (including phenoxy) is 2. The molecule has 1 saturated heterocycles. The molecule has 80 valence electrons. The van der Waals surface area contributed by atoms with Gasteiger partial charge in [0, 0.05) is 5.92 Å². The zero-order valence-electron chi connectivity index (χ0n) is 8.99. The van der Waals surface area contributed by atoms with Crippen LogP contribution < -0.4 is 0 Å². The van der Waals surface area contributed by atoms with Crippen LogP contribution >= 0.6 is 0 Å². The Labute approximate surface area is 83.6 Å². The molecule has 0 aromatic heterocycles. The fourth-order valence-electron chi connectivity index (χ4n) is 1.55. The van der Waals surface area contributed by atoms with Crippen molar-refractivity contribution in [3.63, 3.8) is 0 Å². The van der Waals surface area contributed by atoms with Crippen LogP contribution in [-0.4, -0.2) is 24.1 Å². The third-order valence-electron chi connectivity index (χ3n) is 2.75. The van der Waals surface area contributed by atoms with Gasteiger partial charge in [-0.25, -0.2) is 0 Å². The number of hydrogen-bond donors (Lipinski definition) is 0. The number of rotatable bonds is 2. The molecule has 1 fully saturated rings. The van der Waals surface area contributed by atoms with E-state index in [9.17, 15) is 9.59 Å². The molecule has 0 aliphatic carbocycles. The molecule has 0 aromatic rings. The summed E-state index contributed by atoms with van der Waals surface area (Å²) in [5.41, 5.74) is -0.575. The van der Waals surface area contributed by atoms with Gasteiger partial charge in [0.2, 0.25) is 0 Å². The van der Waals surface area contributed by atoms with E-state index in [1.165, 1.54) is 0 Å². The van der Waals surface area contributed by atoms with Crippen molar-refractivity contribution in [2.45, 2.75) is 33.3 Å². The average molecular weight is 200 g/mol. The van der Waals surface area contributed by atoms with Gasteiger partial charge in [0.1, 0.15) is 5.60 Å². The summed E-state index contributed by atoms with van der Waals surface area (Å²) >= 11 is 0. The molecule has 1 aliphatic heterocycles. The minimum absolute atomic E-state index is 0.144. The molecule has 1 rings (SSSR count). The number of cyclic esters (lactones) is 1. The summed E-state index contributed by atoms with van der Waals surface area (Å²) in [6.45, 7) is 7.43. The van der Waals surface area contributed by atoms with Crippen LogP contribution in [0.5, 0.6) is 0 Å². The molecule has 14 heavy (non-hydrogen) atoms. The molecule has 1 heterocycles. The first-order valence-electron chi connectivity index (χ1n) is 4.79. The van der Waals surface area contributed by atoms with Crippen LogP contribution in [0.3, 0.4) is 0 Å². The molecule has 0 bridgehead atoms. The lowest BCUT2D eigenvalue weighted by atomic mass is 9.85. The SMILES string of the molecule is CCOC(=O)[C@H]1C(=O)OC(C)(C)[C@H]1C. The highest BCUT2D eigenvalue weighted by atomic mass is 16.6. The lowest BCUT2D eigenvalue weighted by Crippen LogP contribution is -2.31. The molecule has 0 unspecified atom stereocenters. The third kappa shape index (κ3) is 1.74. The minimum Gasteiger partial charge on any atom is -0.465 e. The van der Waals surface area contributed by atoms with E-state index in [4.69, 9.17) is 9.47 Å². The van der Waals surface area contributed by atoms with Gasteiger partial charge in [-0.2, -0.15) is 0 Å². The highest BCUT2D eigenvalue weighted by molar-refractivity contribution is 5.97. The minimum atomic E-state index is -0.759. The summed E-state index contributed by atoms with van der Waals surface area (Å²) in [5, 5.41) is 0. The summed E-state index contributed by atoms with van der Waals surface area (Å²) in [5.74, 6) is -1.85. The van der Waals surface area contributed by atoms with Gasteiger partial charge < -0.3 is 9.47 Å². The fraction of sp³-hybridized carbons (Fsp3) is 0.800. The summed E-state index contributed by atoms with van der Waals surface area (Å²) < 4.78 is 9.92. The van der Waals surface area contributed by atoms with Crippen LogP contribution in [0, 0.1) is 11.8 Å². The number of esters is 2. The van der Waals surface area contributed by atoms with Gasteiger partial charge in [0.15, 0.2) is 5.92 Å². The van der Waals surface area contributed by atoms with Crippen molar-refractivity contribution in [1.82, 2.24) is 0 Å². The van der Waals surface area contributed by atoms with E-state index in [0.717, 1.165) is 0 Å². The Morgan fingerprint density at radius 1 is 1.57 bits per heavy atom. The molecule has 0 spiro atoms. The lowest BCUT2D eigenvalue weighted by Gasteiger charge is -2.22. The maximum Gasteiger partial charge on any atom is 0.321 e. The average Bonchev–Trinajstić information content (AvgIpc) is 2.22. The van der Waals surface area contributed by atoms with Gasteiger partial charge in [-0.05, 0) is 20.8 Å². The van der Waals surface area contributed by atoms with Crippen LogP contribution in [0.25, 0.3) is 0 Å². The molecule has 0 amide bonds. The zero-order chi connectivity index (χ0) is 10.9. The third-order valence-corrected chi connectivity index (χ3v) is 2.75. The van der Waals surface area contributed by atoms with Crippen molar-refractivity contribution in [2.75, 3.05) is 6.61 Å². The van der Waals surface area contributed by atoms with Crippen molar-refractivity contribution in [1.29, 1.82) is 0 Å². The predicted molar refractivity (Wildman–Crippen MR) is 49.5 cm³/mol. The van der Waals surface area contributed by atoms with Crippen molar-refractivity contribution >= 4 is 11.9 Å². The van der Waals surface area contributed by atoms with E-state index in [1.807, 2.05) is 6.92 Å². The van der Waals surface area contributed by atoms with Gasteiger partial charge >= 0.3 is 11.9 Å². The van der Waals surface area contributed by atoms with Crippen LogP contribution in [0.2, 0.25) is 0 Å². The molecule has 4 nitrogen and oxygen atoms in total. The first kappa shape index (κ1) is 11.0. The normalized spacial score (nSPS) is 29.9. The molecule has 0 radical (unpaired) electrons. The van der Waals surface area contributed by atoms with Crippen LogP contribution in [0.1, 0.15) is 27.7 Å². The number of carbonyl (C=O) groups is 2. The van der Waals surface area contributed by atoms with E-state index in [1.54, 1.807) is 20.8 Å². The van der Waals surface area contributed by atoms with Crippen molar-refractivity contribution in [3.8, 4) is 0 Å². The first-order chi connectivity index (χ1) is 6.40. The number of hydrogen-bond acceptors (Lipinski definition) is 4. The molecular weight excluding hydrogens is 184 g/mol. The Balaban J connectivity index is 2.80. The highest BCUT2D eigenvalue weighted by Gasteiger charge is 2.51. The van der Waals surface area contributed by atoms with Crippen molar-refractivity contribution in [3.05, 3.63) is 0 Å². The summed E-state index contributed by atoms with van der Waals surface area (Å²) in [7, 11) is 0. The summed E-state index contributed by atoms with van der Waals surface area (Å²) in [4.78, 5) is 22.8. The monoisotopic (exact) mass is 200 g/mol. The van der Waals surface area contributed by atoms with Crippen LogP contribution in [0.4, 0.5) is 0 Å². The molecule has 1 aliphatic rings. The lowest BCUT2D eigenvalue weighted by molar-refractivity contribution is -0.157. The highest BCUT2D eigenvalue weighted by Crippen LogP contribution is 2.37. The maximum atomic E-state index is 11.4. The Hall–Kier alpha value is -1.06. The number of carbonyl (C=O) groups excluding carboxylic acids is 2. The van der Waals surface area contributed by atoms with Gasteiger partial charge in [-0.3, -0.25) is 9.59 Å². The van der Waals surface area contributed by atoms with Gasteiger partial charge in [-0.1, -0.05) is 6.92 Å². The molecular formula is C10H16O4. The topological polar surface area (TPSA) is 52.6 Å². The van der Waals surface area contributed by atoms with Gasteiger partial charge in [0.25, 0.3) is 0 Å². The summed E-state index contributed by atoms with van der Waals surface area (Å²) in [6.07, 6.45) is 0. The van der Waals surface area contributed by atoms with E-state index in [2.05, 4.69) is 0 Å². The summed E-state index contributed by atoms with van der Waals surface area (Å²) in [6, 6.07) is 0. The van der Waals surface area contributed by atoms with Gasteiger partial charge in [-0.15, -0.1) is 0 Å². The van der Waals surface area contributed by atoms with Crippen LogP contribution in [-0.2, 0) is 19.1 Å². The fourth-order valence-corrected chi connectivity index (χ4v) is 1.55. The van der Waals surface area contributed by atoms with E-state index >= 15 is 0 Å².